The summed E-state index contributed by atoms with van der Waals surface area (Å²) in [6.45, 7) is 2.86. The zero-order valence-corrected chi connectivity index (χ0v) is 8.09. The number of halogens is 3. The lowest BCUT2D eigenvalue weighted by Gasteiger charge is -2.27. The van der Waals surface area contributed by atoms with Gasteiger partial charge in [-0.1, -0.05) is 34.8 Å². The predicted molar refractivity (Wildman–Crippen MR) is 47.0 cm³/mol. The van der Waals surface area contributed by atoms with Gasteiger partial charge in [-0.2, -0.15) is 0 Å². The maximum atomic E-state index is 5.78. The van der Waals surface area contributed by atoms with E-state index in [4.69, 9.17) is 39.5 Å². The molecule has 0 aromatic carbocycles. The van der Waals surface area contributed by atoms with Gasteiger partial charge in [0.1, 0.15) is 9.65 Å². The van der Waals surface area contributed by atoms with Crippen molar-refractivity contribution in [2.24, 2.45) is 0 Å². The van der Waals surface area contributed by atoms with Gasteiger partial charge < -0.3 is 9.64 Å². The Balaban J connectivity index is 2.52. The van der Waals surface area contributed by atoms with Crippen molar-refractivity contribution in [3.8, 4) is 0 Å². The molecule has 0 aliphatic carbocycles. The smallest absolute Gasteiger partial charge is 0.141 e. The van der Waals surface area contributed by atoms with E-state index in [-0.39, 0.29) is 4.49 Å². The van der Waals surface area contributed by atoms with Crippen molar-refractivity contribution >= 4 is 34.8 Å². The summed E-state index contributed by atoms with van der Waals surface area (Å²) in [5.74, 6) is 0. The van der Waals surface area contributed by atoms with E-state index >= 15 is 0 Å². The highest BCUT2D eigenvalue weighted by atomic mass is 35.5. The van der Waals surface area contributed by atoms with Crippen molar-refractivity contribution in [3.63, 3.8) is 0 Å². The monoisotopic (exact) mass is 215 g/mol. The molecular formula is C6H8Cl3NO. The van der Waals surface area contributed by atoms with Crippen molar-refractivity contribution < 1.29 is 4.74 Å². The standard InChI is InChI=1S/C6H8Cl3NO/c7-5(8)6(9)10-1-3-11-4-2-10/h1-4H2. The van der Waals surface area contributed by atoms with E-state index in [9.17, 15) is 0 Å². The average Bonchev–Trinajstić information content (AvgIpc) is 2.05. The molecule has 1 heterocycles. The maximum absolute atomic E-state index is 5.78. The van der Waals surface area contributed by atoms with Crippen LogP contribution in [0.5, 0.6) is 0 Å². The Labute approximate surface area is 80.7 Å². The van der Waals surface area contributed by atoms with E-state index in [1.165, 1.54) is 0 Å². The SMILES string of the molecule is ClC(Cl)=C(Cl)N1CCOCC1. The third-order valence-electron chi connectivity index (χ3n) is 1.44. The van der Waals surface area contributed by atoms with Crippen LogP contribution in [0.1, 0.15) is 0 Å². The van der Waals surface area contributed by atoms with Gasteiger partial charge in [0.25, 0.3) is 0 Å². The average molecular weight is 216 g/mol. The first-order chi connectivity index (χ1) is 5.22. The van der Waals surface area contributed by atoms with Crippen molar-refractivity contribution in [3.05, 3.63) is 9.65 Å². The summed E-state index contributed by atoms with van der Waals surface area (Å²) in [6, 6.07) is 0. The van der Waals surface area contributed by atoms with Crippen LogP contribution < -0.4 is 0 Å². The molecule has 64 valence electrons. The van der Waals surface area contributed by atoms with Gasteiger partial charge in [-0.25, -0.2) is 0 Å². The largest absolute Gasteiger partial charge is 0.378 e. The molecule has 0 unspecified atom stereocenters. The lowest BCUT2D eigenvalue weighted by atomic mass is 10.4. The molecule has 0 atom stereocenters. The van der Waals surface area contributed by atoms with Crippen LogP contribution in [0, 0.1) is 0 Å². The zero-order valence-electron chi connectivity index (χ0n) is 5.82. The molecule has 1 rings (SSSR count). The molecule has 1 fully saturated rings. The predicted octanol–water partition coefficient (Wildman–Crippen LogP) is 2.16. The lowest BCUT2D eigenvalue weighted by molar-refractivity contribution is 0.0572. The number of hydrogen-bond acceptors (Lipinski definition) is 2. The molecule has 0 aromatic rings. The highest BCUT2D eigenvalue weighted by Gasteiger charge is 2.13. The Kier molecular flexibility index (Phi) is 3.79. The van der Waals surface area contributed by atoms with Crippen LogP contribution in [0.25, 0.3) is 0 Å². The summed E-state index contributed by atoms with van der Waals surface area (Å²) in [5, 5.41) is 0.414. The fourth-order valence-electron chi connectivity index (χ4n) is 0.879. The van der Waals surface area contributed by atoms with E-state index in [0.717, 1.165) is 13.1 Å². The molecule has 0 spiro atoms. The maximum Gasteiger partial charge on any atom is 0.141 e. The second-order valence-corrected chi connectivity index (χ2v) is 3.46. The molecule has 1 aliphatic heterocycles. The summed E-state index contributed by atoms with van der Waals surface area (Å²) in [4.78, 5) is 1.89. The van der Waals surface area contributed by atoms with E-state index < -0.39 is 0 Å². The Hall–Kier alpha value is 0.370. The number of hydrogen-bond donors (Lipinski definition) is 0. The van der Waals surface area contributed by atoms with Crippen LogP contribution in [0.3, 0.4) is 0 Å². The van der Waals surface area contributed by atoms with Gasteiger partial charge in [0.2, 0.25) is 0 Å². The van der Waals surface area contributed by atoms with Gasteiger partial charge in [-0.05, 0) is 0 Å². The molecule has 0 N–H and O–H groups in total. The Morgan fingerprint density at radius 1 is 1.09 bits per heavy atom. The first kappa shape index (κ1) is 9.46. The molecule has 2 nitrogen and oxygen atoms in total. The highest BCUT2D eigenvalue weighted by molar-refractivity contribution is 6.59. The van der Waals surface area contributed by atoms with Crippen molar-refractivity contribution in [2.75, 3.05) is 26.3 Å². The fourth-order valence-corrected chi connectivity index (χ4v) is 1.29. The molecule has 0 aromatic heterocycles. The van der Waals surface area contributed by atoms with E-state index in [0.29, 0.717) is 18.4 Å². The lowest BCUT2D eigenvalue weighted by Crippen LogP contribution is -2.34. The molecule has 11 heavy (non-hydrogen) atoms. The van der Waals surface area contributed by atoms with Crippen LogP contribution in [0.4, 0.5) is 0 Å². The van der Waals surface area contributed by atoms with Crippen LogP contribution >= 0.6 is 34.8 Å². The molecule has 0 amide bonds. The van der Waals surface area contributed by atoms with E-state index in [1.807, 2.05) is 4.90 Å². The van der Waals surface area contributed by atoms with Gasteiger partial charge in [-0.15, -0.1) is 0 Å². The normalized spacial score (nSPS) is 18.3. The summed E-state index contributed by atoms with van der Waals surface area (Å²) >= 11 is 16.8. The minimum atomic E-state index is 0.119. The Morgan fingerprint density at radius 2 is 1.64 bits per heavy atom. The minimum Gasteiger partial charge on any atom is -0.378 e. The Bertz CT molecular complexity index is 161. The minimum absolute atomic E-state index is 0.119. The molecule has 1 aliphatic rings. The summed E-state index contributed by atoms with van der Waals surface area (Å²) in [5.41, 5.74) is 0. The van der Waals surface area contributed by atoms with E-state index in [2.05, 4.69) is 0 Å². The molecule has 0 saturated carbocycles. The Morgan fingerprint density at radius 3 is 2.09 bits per heavy atom. The van der Waals surface area contributed by atoms with Gasteiger partial charge in [0.15, 0.2) is 0 Å². The summed E-state index contributed by atoms with van der Waals surface area (Å²) < 4.78 is 5.24. The molecule has 5 heteroatoms. The second kappa shape index (κ2) is 4.41. The zero-order chi connectivity index (χ0) is 8.27. The van der Waals surface area contributed by atoms with Gasteiger partial charge in [-0.3, -0.25) is 0 Å². The number of nitrogens with zero attached hydrogens (tertiary/aromatic N) is 1. The first-order valence-electron chi connectivity index (χ1n) is 3.25. The van der Waals surface area contributed by atoms with Crippen molar-refractivity contribution in [2.45, 2.75) is 0 Å². The number of ether oxygens (including phenoxy) is 1. The van der Waals surface area contributed by atoms with Crippen molar-refractivity contribution in [1.29, 1.82) is 0 Å². The van der Waals surface area contributed by atoms with Crippen LogP contribution in [-0.2, 0) is 4.74 Å². The third-order valence-corrected chi connectivity index (χ3v) is 2.42. The quantitative estimate of drug-likeness (QED) is 0.623. The highest BCUT2D eigenvalue weighted by Crippen LogP contribution is 2.22. The fraction of sp³-hybridized carbons (Fsp3) is 0.667. The second-order valence-electron chi connectivity index (χ2n) is 2.15. The summed E-state index contributed by atoms with van der Waals surface area (Å²) in [7, 11) is 0. The summed E-state index contributed by atoms with van der Waals surface area (Å²) in [6.07, 6.45) is 0. The number of morpholine rings is 1. The first-order valence-corrected chi connectivity index (χ1v) is 4.38. The van der Waals surface area contributed by atoms with Gasteiger partial charge >= 0.3 is 0 Å². The van der Waals surface area contributed by atoms with Gasteiger partial charge in [0, 0.05) is 13.1 Å². The molecule has 1 saturated heterocycles. The van der Waals surface area contributed by atoms with Crippen LogP contribution in [0.15, 0.2) is 9.65 Å². The third kappa shape index (κ3) is 2.71. The van der Waals surface area contributed by atoms with Gasteiger partial charge in [0.05, 0.1) is 13.2 Å². The molecular weight excluding hydrogens is 208 g/mol. The molecule has 0 radical (unpaired) electrons. The molecule has 0 bridgehead atoms. The van der Waals surface area contributed by atoms with E-state index in [1.54, 1.807) is 0 Å². The van der Waals surface area contributed by atoms with Crippen LogP contribution in [-0.4, -0.2) is 31.2 Å². The number of rotatable bonds is 1. The topological polar surface area (TPSA) is 12.5 Å². The van der Waals surface area contributed by atoms with Crippen molar-refractivity contribution in [1.82, 2.24) is 4.90 Å². The van der Waals surface area contributed by atoms with Crippen LogP contribution in [0.2, 0.25) is 0 Å².